The highest BCUT2D eigenvalue weighted by Gasteiger charge is 2.22. The zero-order valence-electron chi connectivity index (χ0n) is 11.9. The summed E-state index contributed by atoms with van der Waals surface area (Å²) in [5, 5.41) is 3.77. The van der Waals surface area contributed by atoms with Crippen LogP contribution in [0.2, 0.25) is 0 Å². The molecule has 1 aliphatic heterocycles. The van der Waals surface area contributed by atoms with Crippen LogP contribution in [-0.2, 0) is 6.54 Å². The lowest BCUT2D eigenvalue weighted by Crippen LogP contribution is -2.45. The van der Waals surface area contributed by atoms with E-state index < -0.39 is 0 Å². The lowest BCUT2D eigenvalue weighted by atomic mass is 10.0. The van der Waals surface area contributed by atoms with Crippen LogP contribution in [0.1, 0.15) is 37.7 Å². The molecular weight excluding hydrogens is 232 g/mol. The number of nitrogens with zero attached hydrogens (tertiary/aromatic N) is 1. The smallest absolute Gasteiger partial charge is 0.0234 e. The number of likely N-dealkylation sites (tertiary alicyclic amines) is 1. The van der Waals surface area contributed by atoms with Gasteiger partial charge in [0.1, 0.15) is 0 Å². The van der Waals surface area contributed by atoms with Gasteiger partial charge in [-0.05, 0) is 43.8 Å². The molecule has 3 rings (SSSR count). The maximum Gasteiger partial charge on any atom is 0.0234 e. The summed E-state index contributed by atoms with van der Waals surface area (Å²) in [6, 6.07) is 11.6. The van der Waals surface area contributed by atoms with E-state index >= 15 is 0 Å². The van der Waals surface area contributed by atoms with Crippen LogP contribution in [0.25, 0.3) is 0 Å². The predicted molar refractivity (Wildman–Crippen MR) is 80.1 cm³/mol. The van der Waals surface area contributed by atoms with Gasteiger partial charge in [0, 0.05) is 19.1 Å². The van der Waals surface area contributed by atoms with Crippen molar-refractivity contribution in [1.29, 1.82) is 0 Å². The molecule has 0 bridgehead atoms. The van der Waals surface area contributed by atoms with Crippen LogP contribution in [0, 0.1) is 5.92 Å². The Hall–Kier alpha value is -0.860. The van der Waals surface area contributed by atoms with Crippen LogP contribution in [0.15, 0.2) is 30.3 Å². The molecule has 1 N–H and O–H groups in total. The first-order valence-corrected chi connectivity index (χ1v) is 7.90. The van der Waals surface area contributed by atoms with Crippen molar-refractivity contribution in [2.75, 3.05) is 19.6 Å². The zero-order valence-corrected chi connectivity index (χ0v) is 11.9. The Morgan fingerprint density at radius 1 is 1.11 bits per heavy atom. The van der Waals surface area contributed by atoms with Crippen LogP contribution in [-0.4, -0.2) is 30.6 Å². The Bertz CT molecular complexity index is 372. The molecule has 1 atom stereocenters. The second-order valence-corrected chi connectivity index (χ2v) is 6.25. The van der Waals surface area contributed by atoms with Gasteiger partial charge >= 0.3 is 0 Å². The molecule has 1 heterocycles. The standard InChI is InChI=1S/C17H26N2/c1-2-5-16(6-3-1)13-19-12-4-7-17(14-19)18-11-10-15-8-9-15/h1-3,5-6,15,17-18H,4,7-14H2. The molecule has 1 aliphatic carbocycles. The molecule has 2 aliphatic rings. The lowest BCUT2D eigenvalue weighted by Gasteiger charge is -2.33. The first-order chi connectivity index (χ1) is 9.40. The fourth-order valence-electron chi connectivity index (χ4n) is 3.11. The highest BCUT2D eigenvalue weighted by Crippen LogP contribution is 2.31. The van der Waals surface area contributed by atoms with Crippen LogP contribution >= 0.6 is 0 Å². The van der Waals surface area contributed by atoms with E-state index in [9.17, 15) is 0 Å². The highest BCUT2D eigenvalue weighted by atomic mass is 15.2. The van der Waals surface area contributed by atoms with Crippen molar-refractivity contribution in [3.63, 3.8) is 0 Å². The molecule has 0 radical (unpaired) electrons. The number of hydrogen-bond acceptors (Lipinski definition) is 2. The van der Waals surface area contributed by atoms with Crippen molar-refractivity contribution in [2.24, 2.45) is 5.92 Å². The van der Waals surface area contributed by atoms with Crippen molar-refractivity contribution in [3.05, 3.63) is 35.9 Å². The molecule has 0 aromatic heterocycles. The van der Waals surface area contributed by atoms with Crippen LogP contribution in [0.4, 0.5) is 0 Å². The normalized spacial score (nSPS) is 24.5. The van der Waals surface area contributed by atoms with Gasteiger partial charge in [0.05, 0.1) is 0 Å². The van der Waals surface area contributed by atoms with E-state index in [1.807, 2.05) is 0 Å². The fraction of sp³-hybridized carbons (Fsp3) is 0.647. The zero-order chi connectivity index (χ0) is 12.9. The largest absolute Gasteiger partial charge is 0.313 e. The minimum absolute atomic E-state index is 0.719. The quantitative estimate of drug-likeness (QED) is 0.843. The minimum Gasteiger partial charge on any atom is -0.313 e. The van der Waals surface area contributed by atoms with E-state index in [0.717, 1.165) is 18.5 Å². The molecule has 2 fully saturated rings. The summed E-state index contributed by atoms with van der Waals surface area (Å²) in [5.74, 6) is 1.05. The SMILES string of the molecule is c1ccc(CN2CCCC(NCCC3CC3)C2)cc1. The van der Waals surface area contributed by atoms with E-state index in [0.29, 0.717) is 0 Å². The Morgan fingerprint density at radius 2 is 1.95 bits per heavy atom. The Balaban J connectivity index is 1.42. The van der Waals surface area contributed by atoms with Gasteiger partial charge in [-0.1, -0.05) is 43.2 Å². The molecule has 1 saturated carbocycles. The maximum absolute atomic E-state index is 3.77. The van der Waals surface area contributed by atoms with Crippen molar-refractivity contribution in [2.45, 2.75) is 44.7 Å². The van der Waals surface area contributed by atoms with Gasteiger partial charge in [0.2, 0.25) is 0 Å². The Kier molecular flexibility index (Phi) is 4.52. The maximum atomic E-state index is 3.77. The van der Waals surface area contributed by atoms with Crippen molar-refractivity contribution in [1.82, 2.24) is 10.2 Å². The van der Waals surface area contributed by atoms with Gasteiger partial charge < -0.3 is 5.32 Å². The predicted octanol–water partition coefficient (Wildman–Crippen LogP) is 3.04. The van der Waals surface area contributed by atoms with Gasteiger partial charge in [-0.2, -0.15) is 0 Å². The van der Waals surface area contributed by atoms with E-state index in [2.05, 4.69) is 40.5 Å². The van der Waals surface area contributed by atoms with Gasteiger partial charge in [0.25, 0.3) is 0 Å². The van der Waals surface area contributed by atoms with Crippen molar-refractivity contribution >= 4 is 0 Å². The third kappa shape index (κ3) is 4.32. The Morgan fingerprint density at radius 3 is 2.74 bits per heavy atom. The van der Waals surface area contributed by atoms with E-state index in [1.165, 1.54) is 57.3 Å². The molecule has 19 heavy (non-hydrogen) atoms. The van der Waals surface area contributed by atoms with Crippen molar-refractivity contribution in [3.8, 4) is 0 Å². The molecule has 2 nitrogen and oxygen atoms in total. The van der Waals surface area contributed by atoms with Gasteiger partial charge in [-0.25, -0.2) is 0 Å². The van der Waals surface area contributed by atoms with E-state index in [1.54, 1.807) is 0 Å². The minimum atomic E-state index is 0.719. The average Bonchev–Trinajstić information content (AvgIpc) is 3.25. The van der Waals surface area contributed by atoms with Crippen LogP contribution in [0.3, 0.4) is 0 Å². The van der Waals surface area contributed by atoms with Crippen LogP contribution in [0.5, 0.6) is 0 Å². The number of hydrogen-bond donors (Lipinski definition) is 1. The summed E-state index contributed by atoms with van der Waals surface area (Å²) in [7, 11) is 0. The summed E-state index contributed by atoms with van der Waals surface area (Å²) in [6.07, 6.45) is 7.05. The molecule has 1 unspecified atom stereocenters. The summed E-state index contributed by atoms with van der Waals surface area (Å²) in [4.78, 5) is 2.60. The fourth-order valence-corrected chi connectivity index (χ4v) is 3.11. The van der Waals surface area contributed by atoms with E-state index in [-0.39, 0.29) is 0 Å². The monoisotopic (exact) mass is 258 g/mol. The number of nitrogens with one attached hydrogen (secondary N) is 1. The van der Waals surface area contributed by atoms with Crippen LogP contribution < -0.4 is 5.32 Å². The third-order valence-corrected chi connectivity index (χ3v) is 4.44. The van der Waals surface area contributed by atoms with Gasteiger partial charge in [0.15, 0.2) is 0 Å². The highest BCUT2D eigenvalue weighted by molar-refractivity contribution is 5.14. The van der Waals surface area contributed by atoms with Gasteiger partial charge in [-0.15, -0.1) is 0 Å². The van der Waals surface area contributed by atoms with E-state index in [4.69, 9.17) is 0 Å². The molecule has 1 aromatic rings. The number of piperidine rings is 1. The summed E-state index contributed by atoms with van der Waals surface area (Å²) in [6.45, 7) is 4.82. The molecule has 1 saturated heterocycles. The molecule has 0 spiro atoms. The second-order valence-electron chi connectivity index (χ2n) is 6.25. The second kappa shape index (κ2) is 6.53. The van der Waals surface area contributed by atoms with Gasteiger partial charge in [-0.3, -0.25) is 4.90 Å². The van der Waals surface area contributed by atoms with Crippen molar-refractivity contribution < 1.29 is 0 Å². The first-order valence-electron chi connectivity index (χ1n) is 7.90. The summed E-state index contributed by atoms with van der Waals surface area (Å²) in [5.41, 5.74) is 1.45. The topological polar surface area (TPSA) is 15.3 Å². The number of benzene rings is 1. The average molecular weight is 258 g/mol. The summed E-state index contributed by atoms with van der Waals surface area (Å²) >= 11 is 0. The number of rotatable bonds is 6. The third-order valence-electron chi connectivity index (χ3n) is 4.44. The molecule has 104 valence electrons. The molecule has 1 aromatic carbocycles. The first kappa shape index (κ1) is 13.1. The molecule has 2 heteroatoms. The molecule has 0 amide bonds. The lowest BCUT2D eigenvalue weighted by molar-refractivity contribution is 0.183. The summed E-state index contributed by atoms with van der Waals surface area (Å²) < 4.78 is 0. The Labute approximate surface area is 117 Å². The molecular formula is C17H26N2.